The van der Waals surface area contributed by atoms with Crippen LogP contribution in [0.3, 0.4) is 0 Å². The van der Waals surface area contributed by atoms with Crippen molar-refractivity contribution in [3.8, 4) is 5.75 Å². The molecule has 24 heavy (non-hydrogen) atoms. The fraction of sp³-hybridized carbons (Fsp3) is 0.632. The first kappa shape index (κ1) is 20.8. The van der Waals surface area contributed by atoms with Gasteiger partial charge in [0, 0.05) is 11.6 Å². The van der Waals surface area contributed by atoms with Crippen molar-refractivity contribution < 1.29 is 19.7 Å². The molecule has 0 aromatic heterocycles. The van der Waals surface area contributed by atoms with Gasteiger partial charge < -0.3 is 14.9 Å². The molecule has 4 nitrogen and oxygen atoms in total. The Labute approximate surface area is 149 Å². The predicted molar refractivity (Wildman–Crippen MR) is 97.0 cm³/mol. The molecule has 1 saturated heterocycles. The topological polar surface area (TPSA) is 66.8 Å². The average Bonchev–Trinajstić information content (AvgIpc) is 3.07. The van der Waals surface area contributed by atoms with Gasteiger partial charge in [-0.15, -0.1) is 0 Å². The number of hydrogen-bond acceptors (Lipinski definition) is 3. The third-order valence-corrected chi connectivity index (χ3v) is 4.33. The Bertz CT molecular complexity index is 484. The molecule has 136 valence electrons. The van der Waals surface area contributed by atoms with Crippen molar-refractivity contribution in [3.05, 3.63) is 28.8 Å². The average molecular weight is 357 g/mol. The molecule has 1 unspecified atom stereocenters. The second kappa shape index (κ2) is 12.2. The van der Waals surface area contributed by atoms with Gasteiger partial charge in [-0.3, -0.25) is 0 Å². The van der Waals surface area contributed by atoms with Crippen molar-refractivity contribution in [1.29, 1.82) is 0 Å². The molecule has 0 spiro atoms. The highest BCUT2D eigenvalue weighted by Gasteiger charge is 2.14. The number of phenols is 1. The number of aromatic hydroxyl groups is 1. The van der Waals surface area contributed by atoms with Gasteiger partial charge in [0.25, 0.3) is 0 Å². The van der Waals surface area contributed by atoms with Crippen molar-refractivity contribution in [1.82, 2.24) is 0 Å². The van der Waals surface area contributed by atoms with Crippen LogP contribution in [0.1, 0.15) is 75.1 Å². The first-order valence-corrected chi connectivity index (χ1v) is 9.25. The zero-order valence-electron chi connectivity index (χ0n) is 14.5. The van der Waals surface area contributed by atoms with Crippen LogP contribution >= 0.6 is 11.6 Å². The van der Waals surface area contributed by atoms with E-state index in [-0.39, 0.29) is 11.3 Å². The van der Waals surface area contributed by atoms with Gasteiger partial charge in [0.05, 0.1) is 6.10 Å². The molecule has 0 aliphatic carbocycles. The summed E-state index contributed by atoms with van der Waals surface area (Å²) in [4.78, 5) is 10.4. The molecule has 1 fully saturated rings. The van der Waals surface area contributed by atoms with Crippen LogP contribution in [-0.2, 0) is 4.74 Å². The molecule has 0 amide bonds. The van der Waals surface area contributed by atoms with E-state index in [1.54, 1.807) is 0 Å². The Morgan fingerprint density at radius 3 is 2.54 bits per heavy atom. The predicted octanol–water partition coefficient (Wildman–Crippen LogP) is 5.66. The minimum Gasteiger partial charge on any atom is -0.507 e. The molecular weight excluding hydrogens is 328 g/mol. The van der Waals surface area contributed by atoms with E-state index in [0.717, 1.165) is 6.61 Å². The highest BCUT2D eigenvalue weighted by Crippen LogP contribution is 2.21. The molecule has 1 aliphatic rings. The van der Waals surface area contributed by atoms with E-state index in [0.29, 0.717) is 11.1 Å². The van der Waals surface area contributed by atoms with Crippen molar-refractivity contribution in [2.75, 3.05) is 6.61 Å². The Balaban J connectivity index is 0.000000243. The third-order valence-electron chi connectivity index (χ3n) is 4.09. The summed E-state index contributed by atoms with van der Waals surface area (Å²) in [6.45, 7) is 3.28. The van der Waals surface area contributed by atoms with E-state index >= 15 is 0 Å². The zero-order chi connectivity index (χ0) is 17.8. The van der Waals surface area contributed by atoms with Crippen LogP contribution in [0, 0.1) is 0 Å². The van der Waals surface area contributed by atoms with Crippen LogP contribution in [0.4, 0.5) is 0 Å². The first-order valence-electron chi connectivity index (χ1n) is 8.88. The molecule has 1 aromatic rings. The van der Waals surface area contributed by atoms with E-state index in [2.05, 4.69) is 6.92 Å². The zero-order valence-corrected chi connectivity index (χ0v) is 15.2. The Hall–Kier alpha value is -1.26. The molecule has 5 heteroatoms. The summed E-state index contributed by atoms with van der Waals surface area (Å²) in [5.74, 6) is -1.47. The van der Waals surface area contributed by atoms with E-state index < -0.39 is 5.97 Å². The van der Waals surface area contributed by atoms with Gasteiger partial charge in [-0.2, -0.15) is 0 Å². The number of carboxylic acid groups (broad SMARTS) is 1. The lowest BCUT2D eigenvalue weighted by Crippen LogP contribution is -2.03. The molecule has 1 aromatic carbocycles. The largest absolute Gasteiger partial charge is 0.507 e. The molecule has 0 saturated carbocycles. The van der Waals surface area contributed by atoms with E-state index in [1.165, 1.54) is 76.0 Å². The summed E-state index contributed by atoms with van der Waals surface area (Å²) in [5, 5.41) is 17.7. The highest BCUT2D eigenvalue weighted by molar-refractivity contribution is 6.31. The lowest BCUT2D eigenvalue weighted by atomic mass is 10.1. The maximum atomic E-state index is 10.4. The van der Waals surface area contributed by atoms with Crippen LogP contribution in [0.5, 0.6) is 5.75 Å². The Kier molecular flexibility index (Phi) is 10.5. The molecule has 0 radical (unpaired) electrons. The molecule has 1 aliphatic heterocycles. The van der Waals surface area contributed by atoms with E-state index in [1.807, 2.05) is 0 Å². The van der Waals surface area contributed by atoms with Gasteiger partial charge in [0.1, 0.15) is 11.3 Å². The van der Waals surface area contributed by atoms with Crippen molar-refractivity contribution >= 4 is 17.6 Å². The van der Waals surface area contributed by atoms with Gasteiger partial charge in [0.2, 0.25) is 0 Å². The Morgan fingerprint density at radius 2 is 1.96 bits per heavy atom. The number of carboxylic acids is 1. The second-order valence-electron chi connectivity index (χ2n) is 6.16. The molecular formula is C19H29ClO4. The summed E-state index contributed by atoms with van der Waals surface area (Å²) in [5.41, 5.74) is -0.183. The SMILES string of the molecule is CCCCCCCCC1CCCO1.O=C(O)c1cc(Cl)ccc1O. The lowest BCUT2D eigenvalue weighted by Gasteiger charge is -2.08. The summed E-state index contributed by atoms with van der Waals surface area (Å²) in [6.07, 6.45) is 13.0. The molecule has 1 heterocycles. The fourth-order valence-corrected chi connectivity index (χ4v) is 2.88. The molecule has 2 N–H and O–H groups in total. The highest BCUT2D eigenvalue weighted by atomic mass is 35.5. The third kappa shape index (κ3) is 8.55. The second-order valence-corrected chi connectivity index (χ2v) is 6.59. The quantitative estimate of drug-likeness (QED) is 0.590. The number of ether oxygens (including phenoxy) is 1. The summed E-state index contributed by atoms with van der Waals surface area (Å²) < 4.78 is 5.58. The van der Waals surface area contributed by atoms with Crippen molar-refractivity contribution in [2.24, 2.45) is 0 Å². The normalized spacial score (nSPS) is 16.5. The number of carbonyl (C=O) groups is 1. The van der Waals surface area contributed by atoms with Crippen molar-refractivity contribution in [3.63, 3.8) is 0 Å². The number of rotatable bonds is 8. The summed E-state index contributed by atoms with van der Waals surface area (Å²) >= 11 is 5.49. The van der Waals surface area contributed by atoms with Crippen LogP contribution in [-0.4, -0.2) is 28.9 Å². The monoisotopic (exact) mass is 356 g/mol. The number of aromatic carboxylic acids is 1. The van der Waals surface area contributed by atoms with Gasteiger partial charge in [0.15, 0.2) is 0 Å². The number of unbranched alkanes of at least 4 members (excludes halogenated alkanes) is 5. The Morgan fingerprint density at radius 1 is 1.25 bits per heavy atom. The van der Waals surface area contributed by atoms with Crippen LogP contribution in [0.15, 0.2) is 18.2 Å². The molecule has 2 rings (SSSR count). The van der Waals surface area contributed by atoms with Gasteiger partial charge in [-0.05, 0) is 37.5 Å². The fourth-order valence-electron chi connectivity index (χ4n) is 2.70. The number of hydrogen-bond donors (Lipinski definition) is 2. The van der Waals surface area contributed by atoms with Crippen LogP contribution in [0.2, 0.25) is 5.02 Å². The number of halogens is 1. The first-order chi connectivity index (χ1) is 11.5. The van der Waals surface area contributed by atoms with Gasteiger partial charge in [-0.25, -0.2) is 4.79 Å². The van der Waals surface area contributed by atoms with Gasteiger partial charge >= 0.3 is 5.97 Å². The minimum atomic E-state index is -1.19. The van der Waals surface area contributed by atoms with Crippen molar-refractivity contribution in [2.45, 2.75) is 70.8 Å². The van der Waals surface area contributed by atoms with Crippen LogP contribution in [0.25, 0.3) is 0 Å². The minimum absolute atomic E-state index is 0.183. The maximum Gasteiger partial charge on any atom is 0.339 e. The standard InChI is InChI=1S/C12H24O.C7H5ClO3/c1-2-3-4-5-6-7-9-12-10-8-11-13-12;8-4-1-2-6(9)5(3-4)7(10)11/h12H,2-11H2,1H3;1-3,9H,(H,10,11). The maximum absolute atomic E-state index is 10.4. The molecule has 1 atom stereocenters. The summed E-state index contributed by atoms with van der Waals surface area (Å²) in [6, 6.07) is 3.86. The van der Waals surface area contributed by atoms with E-state index in [9.17, 15) is 4.79 Å². The van der Waals surface area contributed by atoms with Crippen LogP contribution < -0.4 is 0 Å². The molecule has 0 bridgehead atoms. The smallest absolute Gasteiger partial charge is 0.339 e. The summed E-state index contributed by atoms with van der Waals surface area (Å²) in [7, 11) is 0. The lowest BCUT2D eigenvalue weighted by molar-refractivity contribution is 0.0693. The van der Waals surface area contributed by atoms with E-state index in [4.69, 9.17) is 26.6 Å². The number of benzene rings is 1. The van der Waals surface area contributed by atoms with Gasteiger partial charge in [-0.1, -0.05) is 57.0 Å².